The van der Waals surface area contributed by atoms with Crippen LogP contribution in [0.5, 0.6) is 5.75 Å². The molecular formula is C18H24F2N4O2. The first-order valence-electron chi connectivity index (χ1n) is 9.24. The minimum atomic E-state index is -0.694. The fourth-order valence-electron chi connectivity index (χ4n) is 4.10. The number of halogens is 2. The zero-order chi connectivity index (χ0) is 18.1. The molecule has 1 amide bonds. The Balaban J connectivity index is 1.31. The quantitative estimate of drug-likeness (QED) is 0.738. The summed E-state index contributed by atoms with van der Waals surface area (Å²) in [5, 5.41) is 3.35. The van der Waals surface area contributed by atoms with Gasteiger partial charge in [-0.1, -0.05) is 0 Å². The summed E-state index contributed by atoms with van der Waals surface area (Å²) >= 11 is 0. The number of hydrogen-bond acceptors (Lipinski definition) is 5. The maximum absolute atomic E-state index is 13.7. The van der Waals surface area contributed by atoms with Crippen molar-refractivity contribution >= 4 is 5.91 Å². The van der Waals surface area contributed by atoms with Gasteiger partial charge < -0.3 is 15.0 Å². The largest absolute Gasteiger partial charge is 0.487 e. The van der Waals surface area contributed by atoms with Crippen molar-refractivity contribution in [2.75, 3.05) is 26.2 Å². The Hall–Kier alpha value is -1.77. The van der Waals surface area contributed by atoms with Crippen LogP contribution >= 0.6 is 0 Å². The summed E-state index contributed by atoms with van der Waals surface area (Å²) in [5.41, 5.74) is 6.41. The van der Waals surface area contributed by atoms with Crippen molar-refractivity contribution in [3.63, 3.8) is 0 Å². The first kappa shape index (κ1) is 17.6. The molecule has 3 N–H and O–H groups in total. The lowest BCUT2D eigenvalue weighted by Crippen LogP contribution is -2.53. The van der Waals surface area contributed by atoms with Crippen LogP contribution in [0.25, 0.3) is 0 Å². The lowest BCUT2D eigenvalue weighted by atomic mass is 9.88. The summed E-state index contributed by atoms with van der Waals surface area (Å²) in [6.07, 6.45) is 2.11. The molecule has 142 valence electrons. The monoisotopic (exact) mass is 366 g/mol. The molecule has 3 atom stereocenters. The molecule has 1 aromatic rings. The molecule has 3 aliphatic heterocycles. The van der Waals surface area contributed by atoms with E-state index >= 15 is 0 Å². The number of carbonyl (C=O) groups is 1. The second-order valence-corrected chi connectivity index (χ2v) is 7.25. The highest BCUT2D eigenvalue weighted by molar-refractivity contribution is 5.82. The van der Waals surface area contributed by atoms with E-state index in [1.165, 1.54) is 12.1 Å². The smallest absolute Gasteiger partial charge is 0.241 e. The third-order valence-electron chi connectivity index (χ3n) is 5.59. The molecule has 0 aliphatic carbocycles. The van der Waals surface area contributed by atoms with Gasteiger partial charge in [-0.2, -0.15) is 0 Å². The third-order valence-corrected chi connectivity index (χ3v) is 5.59. The second-order valence-electron chi connectivity index (χ2n) is 7.25. The average molecular weight is 366 g/mol. The maximum atomic E-state index is 13.7. The number of amides is 1. The van der Waals surface area contributed by atoms with E-state index in [4.69, 9.17) is 4.74 Å². The molecule has 6 nitrogen and oxygen atoms in total. The summed E-state index contributed by atoms with van der Waals surface area (Å²) in [6.45, 7) is 2.97. The van der Waals surface area contributed by atoms with Gasteiger partial charge in [-0.15, -0.1) is 0 Å². The zero-order valence-electron chi connectivity index (χ0n) is 14.5. The molecule has 4 rings (SSSR count). The summed E-state index contributed by atoms with van der Waals surface area (Å²) < 4.78 is 32.4. The van der Waals surface area contributed by atoms with Crippen LogP contribution in [0.1, 0.15) is 19.3 Å². The number of piperidine rings is 2. The Morgan fingerprint density at radius 2 is 1.96 bits per heavy atom. The van der Waals surface area contributed by atoms with Crippen LogP contribution < -0.4 is 20.9 Å². The van der Waals surface area contributed by atoms with E-state index in [9.17, 15) is 13.6 Å². The van der Waals surface area contributed by atoms with Gasteiger partial charge in [0.1, 0.15) is 18.0 Å². The van der Waals surface area contributed by atoms with Crippen LogP contribution in [0.4, 0.5) is 8.78 Å². The highest BCUT2D eigenvalue weighted by atomic mass is 19.1. The first-order chi connectivity index (χ1) is 12.6. The summed E-state index contributed by atoms with van der Waals surface area (Å²) in [5.74, 6) is -0.878. The molecule has 26 heavy (non-hydrogen) atoms. The SMILES string of the molecule is O=C(C1NNC2CCNCC21)N1CCC(Oc2ccc(F)cc2F)CC1. The van der Waals surface area contributed by atoms with Crippen molar-refractivity contribution in [3.05, 3.63) is 29.8 Å². The fourth-order valence-corrected chi connectivity index (χ4v) is 4.10. The average Bonchev–Trinajstić information content (AvgIpc) is 3.08. The molecule has 3 heterocycles. The molecule has 3 unspecified atom stereocenters. The van der Waals surface area contributed by atoms with Gasteiger partial charge in [0.2, 0.25) is 5.91 Å². The van der Waals surface area contributed by atoms with Crippen LogP contribution in [0.15, 0.2) is 18.2 Å². The van der Waals surface area contributed by atoms with Crippen molar-refractivity contribution in [3.8, 4) is 5.75 Å². The van der Waals surface area contributed by atoms with Gasteiger partial charge in [-0.25, -0.2) is 14.2 Å². The molecule has 0 radical (unpaired) electrons. The molecular weight excluding hydrogens is 342 g/mol. The van der Waals surface area contributed by atoms with Crippen LogP contribution in [0.3, 0.4) is 0 Å². The number of hydrogen-bond donors (Lipinski definition) is 3. The lowest BCUT2D eigenvalue weighted by molar-refractivity contribution is -0.136. The standard InChI is InChI=1S/C18H24F2N4O2/c19-11-1-2-16(14(20)9-11)26-12-4-7-24(8-5-12)18(25)17-13-10-21-6-3-15(13)22-23-17/h1-2,9,12-13,15,17,21-23H,3-8,10H2. The van der Waals surface area contributed by atoms with Crippen molar-refractivity contribution < 1.29 is 18.3 Å². The summed E-state index contributed by atoms with van der Waals surface area (Å²) in [4.78, 5) is 14.7. The van der Waals surface area contributed by atoms with Crippen LogP contribution in [-0.2, 0) is 4.79 Å². The van der Waals surface area contributed by atoms with Crippen LogP contribution in [0.2, 0.25) is 0 Å². The normalized spacial score (nSPS) is 29.5. The first-order valence-corrected chi connectivity index (χ1v) is 9.24. The molecule has 8 heteroatoms. The Bertz CT molecular complexity index is 667. The topological polar surface area (TPSA) is 65.6 Å². The summed E-state index contributed by atoms with van der Waals surface area (Å²) in [7, 11) is 0. The maximum Gasteiger partial charge on any atom is 0.241 e. The van der Waals surface area contributed by atoms with E-state index in [-0.39, 0.29) is 29.7 Å². The van der Waals surface area contributed by atoms with E-state index in [0.29, 0.717) is 32.0 Å². The van der Waals surface area contributed by atoms with Crippen molar-refractivity contribution in [1.29, 1.82) is 0 Å². The molecule has 3 saturated heterocycles. The Morgan fingerprint density at radius 1 is 1.15 bits per heavy atom. The minimum Gasteiger partial charge on any atom is -0.487 e. The van der Waals surface area contributed by atoms with E-state index < -0.39 is 11.6 Å². The molecule has 0 bridgehead atoms. The molecule has 0 spiro atoms. The Morgan fingerprint density at radius 3 is 2.73 bits per heavy atom. The highest BCUT2D eigenvalue weighted by Crippen LogP contribution is 2.25. The number of carbonyl (C=O) groups excluding carboxylic acids is 1. The predicted molar refractivity (Wildman–Crippen MR) is 91.4 cm³/mol. The minimum absolute atomic E-state index is 0.0638. The highest BCUT2D eigenvalue weighted by Gasteiger charge is 2.43. The fraction of sp³-hybridized carbons (Fsp3) is 0.611. The molecule has 0 saturated carbocycles. The number of nitrogens with one attached hydrogen (secondary N) is 3. The Labute approximate surface area is 151 Å². The number of ether oxygens (including phenoxy) is 1. The van der Waals surface area contributed by atoms with Gasteiger partial charge in [0.15, 0.2) is 11.6 Å². The van der Waals surface area contributed by atoms with E-state index in [2.05, 4.69) is 16.2 Å². The third kappa shape index (κ3) is 3.54. The van der Waals surface area contributed by atoms with Crippen LogP contribution in [0, 0.1) is 17.6 Å². The van der Waals surface area contributed by atoms with Crippen molar-refractivity contribution in [1.82, 2.24) is 21.1 Å². The molecule has 1 aromatic carbocycles. The number of rotatable bonds is 3. The van der Waals surface area contributed by atoms with Gasteiger partial charge in [0, 0.05) is 50.5 Å². The van der Waals surface area contributed by atoms with Gasteiger partial charge in [-0.3, -0.25) is 10.2 Å². The Kier molecular flexibility index (Phi) is 5.06. The summed E-state index contributed by atoms with van der Waals surface area (Å²) in [6, 6.07) is 3.45. The lowest BCUT2D eigenvalue weighted by Gasteiger charge is -2.35. The number of likely N-dealkylation sites (tertiary alicyclic amines) is 1. The van der Waals surface area contributed by atoms with Crippen molar-refractivity contribution in [2.24, 2.45) is 5.92 Å². The number of hydrazine groups is 1. The van der Waals surface area contributed by atoms with Gasteiger partial charge in [0.05, 0.1) is 0 Å². The van der Waals surface area contributed by atoms with Gasteiger partial charge in [-0.05, 0) is 25.1 Å². The van der Waals surface area contributed by atoms with Gasteiger partial charge >= 0.3 is 0 Å². The second kappa shape index (κ2) is 7.46. The van der Waals surface area contributed by atoms with E-state index in [1.54, 1.807) is 0 Å². The number of nitrogens with zero attached hydrogens (tertiary/aromatic N) is 1. The van der Waals surface area contributed by atoms with Crippen LogP contribution in [-0.4, -0.2) is 55.2 Å². The van der Waals surface area contributed by atoms with E-state index in [0.717, 1.165) is 25.6 Å². The predicted octanol–water partition coefficient (Wildman–Crippen LogP) is 0.789. The van der Waals surface area contributed by atoms with E-state index in [1.807, 2.05) is 4.90 Å². The molecule has 0 aromatic heterocycles. The van der Waals surface area contributed by atoms with Gasteiger partial charge in [0.25, 0.3) is 0 Å². The number of benzene rings is 1. The van der Waals surface area contributed by atoms with Crippen molar-refractivity contribution in [2.45, 2.75) is 37.5 Å². The molecule has 3 fully saturated rings. The molecule has 3 aliphatic rings. The zero-order valence-corrected chi connectivity index (χ0v) is 14.5. The number of fused-ring (bicyclic) bond motifs is 1.